The van der Waals surface area contributed by atoms with Crippen molar-refractivity contribution in [3.05, 3.63) is 85.5 Å². The molecule has 1 fully saturated rings. The Bertz CT molecular complexity index is 1200. The number of benzene rings is 2. The molecule has 2 aromatic carbocycles. The average Bonchev–Trinajstić information content (AvgIpc) is 3.30. The van der Waals surface area contributed by atoms with E-state index in [1.54, 1.807) is 12.1 Å². The number of hydrogen-bond donors (Lipinski definition) is 1. The van der Waals surface area contributed by atoms with E-state index < -0.39 is 4.92 Å². The summed E-state index contributed by atoms with van der Waals surface area (Å²) in [6.45, 7) is 2.57. The van der Waals surface area contributed by atoms with Gasteiger partial charge in [0.25, 0.3) is 5.69 Å². The number of hydrazone groups is 1. The molecule has 1 aromatic heterocycles. The van der Waals surface area contributed by atoms with Gasteiger partial charge in [-0.05, 0) is 61.8 Å². The van der Waals surface area contributed by atoms with Crippen LogP contribution in [0.2, 0.25) is 5.02 Å². The lowest BCUT2D eigenvalue weighted by Gasteiger charge is -2.30. The van der Waals surface area contributed by atoms with Gasteiger partial charge in [0.1, 0.15) is 11.5 Å². The molecular formula is C24H22BrClN4O4. The van der Waals surface area contributed by atoms with Crippen LogP contribution in [0, 0.1) is 16.0 Å². The number of amides is 1. The van der Waals surface area contributed by atoms with Gasteiger partial charge in [0.15, 0.2) is 0 Å². The Balaban J connectivity index is 1.28. The normalized spacial score (nSPS) is 15.0. The smallest absolute Gasteiger partial charge is 0.270 e. The van der Waals surface area contributed by atoms with Crippen LogP contribution in [0.3, 0.4) is 0 Å². The fraction of sp³-hybridized carbons (Fsp3) is 0.250. The molecule has 1 N–H and O–H groups in total. The Morgan fingerprint density at radius 1 is 1.21 bits per heavy atom. The molecule has 0 radical (unpaired) electrons. The van der Waals surface area contributed by atoms with E-state index in [0.29, 0.717) is 22.1 Å². The summed E-state index contributed by atoms with van der Waals surface area (Å²) in [6, 6.07) is 15.7. The Kier molecular flexibility index (Phi) is 7.77. The molecule has 0 atom stereocenters. The Labute approximate surface area is 209 Å². The Hall–Kier alpha value is -3.01. The summed E-state index contributed by atoms with van der Waals surface area (Å²) in [5.41, 5.74) is 4.17. The highest BCUT2D eigenvalue weighted by Crippen LogP contribution is 2.32. The van der Waals surface area contributed by atoms with Crippen molar-refractivity contribution in [2.45, 2.75) is 19.4 Å². The van der Waals surface area contributed by atoms with E-state index in [4.69, 9.17) is 16.0 Å². The first-order valence-electron chi connectivity index (χ1n) is 10.7. The van der Waals surface area contributed by atoms with Crippen LogP contribution in [-0.4, -0.2) is 35.0 Å². The Morgan fingerprint density at radius 3 is 2.65 bits per heavy atom. The van der Waals surface area contributed by atoms with Crippen LogP contribution in [0.1, 0.15) is 24.2 Å². The summed E-state index contributed by atoms with van der Waals surface area (Å²) in [4.78, 5) is 25.4. The molecule has 8 nitrogen and oxygen atoms in total. The maximum absolute atomic E-state index is 12.5. The molecule has 4 rings (SSSR count). The van der Waals surface area contributed by atoms with E-state index in [2.05, 4.69) is 43.5 Å². The number of nitrogens with one attached hydrogen (secondary N) is 1. The van der Waals surface area contributed by atoms with Crippen LogP contribution >= 0.6 is 27.5 Å². The molecule has 10 heteroatoms. The zero-order valence-corrected chi connectivity index (χ0v) is 20.5. The summed E-state index contributed by atoms with van der Waals surface area (Å²) in [6.07, 6.45) is 2.94. The number of carbonyl (C=O) groups excluding carboxylic acids is 1. The number of nitrogens with zero attached hydrogens (tertiary/aromatic N) is 3. The molecule has 0 bridgehead atoms. The predicted octanol–water partition coefficient (Wildman–Crippen LogP) is 5.63. The van der Waals surface area contributed by atoms with Gasteiger partial charge in [0, 0.05) is 34.6 Å². The molecule has 1 aliphatic rings. The highest BCUT2D eigenvalue weighted by Gasteiger charge is 2.24. The number of halogens is 2. The van der Waals surface area contributed by atoms with Gasteiger partial charge in [-0.2, -0.15) is 5.10 Å². The third kappa shape index (κ3) is 6.11. The SMILES string of the molecule is O=C(NN=Cc1ccc(-c2cc([N+](=O)[O-])ccc2Cl)o1)C1CCN(Cc2ccc(Br)cc2)CC1. The maximum Gasteiger partial charge on any atom is 0.270 e. The minimum atomic E-state index is -0.494. The topological polar surface area (TPSA) is 101 Å². The van der Waals surface area contributed by atoms with Gasteiger partial charge in [0.05, 0.1) is 16.2 Å². The second-order valence-corrected chi connectivity index (χ2v) is 9.36. The van der Waals surface area contributed by atoms with Crippen LogP contribution in [-0.2, 0) is 11.3 Å². The zero-order valence-electron chi connectivity index (χ0n) is 18.1. The zero-order chi connectivity index (χ0) is 24.1. The molecular weight excluding hydrogens is 524 g/mol. The summed E-state index contributed by atoms with van der Waals surface area (Å²) in [7, 11) is 0. The Morgan fingerprint density at radius 2 is 1.94 bits per heavy atom. The van der Waals surface area contributed by atoms with Crippen LogP contribution < -0.4 is 5.43 Å². The van der Waals surface area contributed by atoms with E-state index in [9.17, 15) is 14.9 Å². The average molecular weight is 546 g/mol. The van der Waals surface area contributed by atoms with Crippen LogP contribution in [0.5, 0.6) is 0 Å². The van der Waals surface area contributed by atoms with Crippen LogP contribution in [0.25, 0.3) is 11.3 Å². The fourth-order valence-corrected chi connectivity index (χ4v) is 4.31. The summed E-state index contributed by atoms with van der Waals surface area (Å²) < 4.78 is 6.73. The number of non-ortho nitro benzene ring substituents is 1. The van der Waals surface area contributed by atoms with Crippen molar-refractivity contribution in [2.75, 3.05) is 13.1 Å². The summed E-state index contributed by atoms with van der Waals surface area (Å²) >= 11 is 9.61. The second-order valence-electron chi connectivity index (χ2n) is 8.03. The number of piperidine rings is 1. The molecule has 2 heterocycles. The highest BCUT2D eigenvalue weighted by molar-refractivity contribution is 9.10. The van der Waals surface area contributed by atoms with E-state index in [0.717, 1.165) is 36.9 Å². The van der Waals surface area contributed by atoms with Gasteiger partial charge in [-0.1, -0.05) is 39.7 Å². The molecule has 0 aliphatic carbocycles. The number of nitro benzene ring substituents is 1. The lowest BCUT2D eigenvalue weighted by Crippen LogP contribution is -2.39. The molecule has 1 amide bonds. The van der Waals surface area contributed by atoms with E-state index in [1.165, 1.54) is 30.0 Å². The number of furan rings is 1. The number of nitro groups is 1. The largest absolute Gasteiger partial charge is 0.455 e. The van der Waals surface area contributed by atoms with E-state index in [1.807, 2.05) is 12.1 Å². The quantitative estimate of drug-likeness (QED) is 0.235. The van der Waals surface area contributed by atoms with E-state index in [-0.39, 0.29) is 17.5 Å². The predicted molar refractivity (Wildman–Crippen MR) is 134 cm³/mol. The van der Waals surface area contributed by atoms with Crippen LogP contribution in [0.4, 0.5) is 5.69 Å². The van der Waals surface area contributed by atoms with Gasteiger partial charge in [-0.3, -0.25) is 19.8 Å². The van der Waals surface area contributed by atoms with Crippen LogP contribution in [0.15, 0.2) is 68.6 Å². The molecule has 0 spiro atoms. The minimum Gasteiger partial charge on any atom is -0.455 e. The maximum atomic E-state index is 12.5. The standard InChI is InChI=1S/C24H22BrClN4O4/c25-18-3-1-16(2-4-18)15-29-11-9-17(10-12-29)24(31)28-27-14-20-6-8-23(34-20)21-13-19(30(32)33)5-7-22(21)26/h1-8,13-14,17H,9-12,15H2,(H,28,31). The monoisotopic (exact) mass is 544 g/mol. The molecule has 0 saturated carbocycles. The van der Waals surface area contributed by atoms with Gasteiger partial charge in [0.2, 0.25) is 5.91 Å². The van der Waals surface area contributed by atoms with Crippen molar-refractivity contribution in [3.63, 3.8) is 0 Å². The molecule has 3 aromatic rings. The second kappa shape index (κ2) is 10.9. The van der Waals surface area contributed by atoms with Crippen molar-refractivity contribution in [2.24, 2.45) is 11.0 Å². The molecule has 1 saturated heterocycles. The van der Waals surface area contributed by atoms with Gasteiger partial charge >= 0.3 is 0 Å². The molecule has 176 valence electrons. The lowest BCUT2D eigenvalue weighted by molar-refractivity contribution is -0.384. The minimum absolute atomic E-state index is 0.0823. The first kappa shape index (κ1) is 24.1. The third-order valence-electron chi connectivity index (χ3n) is 5.70. The molecule has 1 aliphatic heterocycles. The van der Waals surface area contributed by atoms with Crippen molar-refractivity contribution >= 4 is 45.3 Å². The van der Waals surface area contributed by atoms with Crippen molar-refractivity contribution in [3.8, 4) is 11.3 Å². The van der Waals surface area contributed by atoms with Gasteiger partial charge < -0.3 is 4.42 Å². The third-order valence-corrected chi connectivity index (χ3v) is 6.56. The summed E-state index contributed by atoms with van der Waals surface area (Å²) in [5, 5.41) is 15.4. The summed E-state index contributed by atoms with van der Waals surface area (Å²) in [5.74, 6) is 0.559. The molecule has 0 unspecified atom stereocenters. The number of hydrogen-bond acceptors (Lipinski definition) is 6. The molecule has 34 heavy (non-hydrogen) atoms. The van der Waals surface area contributed by atoms with Gasteiger partial charge in [-0.15, -0.1) is 0 Å². The number of carbonyl (C=O) groups is 1. The fourth-order valence-electron chi connectivity index (χ4n) is 3.83. The van der Waals surface area contributed by atoms with E-state index >= 15 is 0 Å². The number of likely N-dealkylation sites (tertiary alicyclic amines) is 1. The van der Waals surface area contributed by atoms with Crippen molar-refractivity contribution in [1.29, 1.82) is 0 Å². The van der Waals surface area contributed by atoms with Gasteiger partial charge in [-0.25, -0.2) is 5.43 Å². The lowest BCUT2D eigenvalue weighted by atomic mass is 9.96. The highest BCUT2D eigenvalue weighted by atomic mass is 79.9. The number of rotatable bonds is 7. The first-order valence-corrected chi connectivity index (χ1v) is 11.9. The first-order chi connectivity index (χ1) is 16.4. The van der Waals surface area contributed by atoms with Crippen molar-refractivity contribution < 1.29 is 14.1 Å². The van der Waals surface area contributed by atoms with Crippen molar-refractivity contribution in [1.82, 2.24) is 10.3 Å².